The molecule has 0 saturated carbocycles. The maximum absolute atomic E-state index is 12.0. The fourth-order valence-electron chi connectivity index (χ4n) is 2.53. The number of carbonyl (C=O) groups excluding carboxylic acids is 2. The first-order chi connectivity index (χ1) is 9.47. The van der Waals surface area contributed by atoms with E-state index in [1.807, 2.05) is 11.8 Å². The highest BCUT2D eigenvalue weighted by Gasteiger charge is 2.26. The van der Waals surface area contributed by atoms with Crippen LogP contribution < -0.4 is 11.5 Å². The van der Waals surface area contributed by atoms with Crippen molar-refractivity contribution >= 4 is 11.8 Å². The van der Waals surface area contributed by atoms with Gasteiger partial charge in [0, 0.05) is 37.2 Å². The van der Waals surface area contributed by atoms with E-state index in [1.165, 1.54) is 0 Å². The summed E-state index contributed by atoms with van der Waals surface area (Å²) >= 11 is 0. The smallest absolute Gasteiger partial charge is 0.269 e. The summed E-state index contributed by atoms with van der Waals surface area (Å²) in [5.41, 5.74) is 11.9. The molecule has 110 valence electrons. The van der Waals surface area contributed by atoms with E-state index in [4.69, 9.17) is 11.5 Å². The van der Waals surface area contributed by atoms with Crippen LogP contribution in [-0.4, -0.2) is 46.0 Å². The summed E-state index contributed by atoms with van der Waals surface area (Å²) in [6.07, 6.45) is 2.25. The van der Waals surface area contributed by atoms with Crippen molar-refractivity contribution in [3.8, 4) is 0 Å². The summed E-state index contributed by atoms with van der Waals surface area (Å²) in [5, 5.41) is 6.73. The molecule has 2 amide bonds. The Labute approximate surface area is 117 Å². The van der Waals surface area contributed by atoms with Crippen molar-refractivity contribution in [2.45, 2.75) is 38.1 Å². The molecular formula is C13H21N5O2. The molecule has 1 saturated heterocycles. The molecule has 0 aliphatic carbocycles. The Morgan fingerprint density at radius 2 is 2.35 bits per heavy atom. The largest absolute Gasteiger partial charge is 0.364 e. The summed E-state index contributed by atoms with van der Waals surface area (Å²) in [7, 11) is 0. The summed E-state index contributed by atoms with van der Waals surface area (Å²) < 4.78 is 0. The lowest BCUT2D eigenvalue weighted by atomic mass is 9.94. The molecule has 1 aromatic rings. The SMILES string of the molecule is CC(N)CC(=O)N1CCCC(c2cc(C(N)=O)n[nH]2)C1. The molecule has 0 radical (unpaired) electrons. The van der Waals surface area contributed by atoms with E-state index in [2.05, 4.69) is 10.2 Å². The first-order valence-electron chi connectivity index (χ1n) is 6.86. The van der Waals surface area contributed by atoms with Gasteiger partial charge in [-0.25, -0.2) is 0 Å². The maximum Gasteiger partial charge on any atom is 0.269 e. The number of aromatic amines is 1. The highest BCUT2D eigenvalue weighted by Crippen LogP contribution is 2.26. The van der Waals surface area contributed by atoms with Gasteiger partial charge in [0.2, 0.25) is 5.91 Å². The summed E-state index contributed by atoms with van der Waals surface area (Å²) in [4.78, 5) is 24.9. The summed E-state index contributed by atoms with van der Waals surface area (Å²) in [5.74, 6) is -0.297. The number of piperidine rings is 1. The van der Waals surface area contributed by atoms with Crippen LogP contribution in [0.1, 0.15) is 48.3 Å². The fraction of sp³-hybridized carbons (Fsp3) is 0.615. The summed E-state index contributed by atoms with van der Waals surface area (Å²) in [6, 6.07) is 1.54. The second kappa shape index (κ2) is 6.04. The second-order valence-electron chi connectivity index (χ2n) is 5.43. The number of hydrogen-bond donors (Lipinski definition) is 3. The molecule has 1 aromatic heterocycles. The number of amides is 2. The lowest BCUT2D eigenvalue weighted by Crippen LogP contribution is -2.41. The molecule has 2 rings (SSSR count). The Balaban J connectivity index is 2.02. The average molecular weight is 279 g/mol. The van der Waals surface area contributed by atoms with Gasteiger partial charge in [0.1, 0.15) is 5.69 Å². The van der Waals surface area contributed by atoms with Crippen molar-refractivity contribution in [1.82, 2.24) is 15.1 Å². The van der Waals surface area contributed by atoms with E-state index in [0.29, 0.717) is 13.0 Å². The number of aromatic nitrogens is 2. The van der Waals surface area contributed by atoms with E-state index in [-0.39, 0.29) is 23.6 Å². The number of primary amides is 1. The molecular weight excluding hydrogens is 258 g/mol. The Bertz CT molecular complexity index is 497. The molecule has 1 fully saturated rings. The molecule has 7 heteroatoms. The number of nitrogens with zero attached hydrogens (tertiary/aromatic N) is 2. The van der Waals surface area contributed by atoms with E-state index in [1.54, 1.807) is 6.07 Å². The third-order valence-corrected chi connectivity index (χ3v) is 3.56. The van der Waals surface area contributed by atoms with E-state index in [9.17, 15) is 9.59 Å². The van der Waals surface area contributed by atoms with Crippen molar-refractivity contribution in [3.63, 3.8) is 0 Å². The molecule has 2 unspecified atom stereocenters. The monoisotopic (exact) mass is 279 g/mol. The van der Waals surface area contributed by atoms with Crippen molar-refractivity contribution in [1.29, 1.82) is 0 Å². The Hall–Kier alpha value is -1.89. The van der Waals surface area contributed by atoms with Crippen LogP contribution in [0.3, 0.4) is 0 Å². The van der Waals surface area contributed by atoms with Crippen LogP contribution in [0, 0.1) is 0 Å². The van der Waals surface area contributed by atoms with E-state index >= 15 is 0 Å². The maximum atomic E-state index is 12.0. The predicted octanol–water partition coefficient (Wildman–Crippen LogP) is -0.0481. The summed E-state index contributed by atoms with van der Waals surface area (Å²) in [6.45, 7) is 3.22. The van der Waals surface area contributed by atoms with Gasteiger partial charge in [0.05, 0.1) is 0 Å². The lowest BCUT2D eigenvalue weighted by Gasteiger charge is -2.32. The number of nitrogens with two attached hydrogens (primary N) is 2. The Morgan fingerprint density at radius 1 is 1.60 bits per heavy atom. The highest BCUT2D eigenvalue weighted by molar-refractivity contribution is 5.90. The molecule has 0 bridgehead atoms. The van der Waals surface area contributed by atoms with Gasteiger partial charge in [-0.3, -0.25) is 14.7 Å². The van der Waals surface area contributed by atoms with Gasteiger partial charge >= 0.3 is 0 Å². The van der Waals surface area contributed by atoms with Crippen LogP contribution in [0.5, 0.6) is 0 Å². The highest BCUT2D eigenvalue weighted by atomic mass is 16.2. The predicted molar refractivity (Wildman–Crippen MR) is 73.9 cm³/mol. The van der Waals surface area contributed by atoms with Crippen LogP contribution in [0.4, 0.5) is 0 Å². The van der Waals surface area contributed by atoms with Crippen molar-refractivity contribution in [2.24, 2.45) is 11.5 Å². The topological polar surface area (TPSA) is 118 Å². The first kappa shape index (κ1) is 14.5. The minimum absolute atomic E-state index is 0.0827. The fourth-order valence-corrected chi connectivity index (χ4v) is 2.53. The van der Waals surface area contributed by atoms with Crippen LogP contribution in [0.25, 0.3) is 0 Å². The van der Waals surface area contributed by atoms with Gasteiger partial charge in [-0.2, -0.15) is 5.10 Å². The van der Waals surface area contributed by atoms with Gasteiger partial charge in [-0.05, 0) is 25.8 Å². The van der Waals surface area contributed by atoms with Crippen molar-refractivity contribution in [2.75, 3.05) is 13.1 Å². The zero-order chi connectivity index (χ0) is 14.7. The first-order valence-corrected chi connectivity index (χ1v) is 6.86. The normalized spacial score (nSPS) is 20.7. The third-order valence-electron chi connectivity index (χ3n) is 3.56. The standard InChI is InChI=1S/C13H21N5O2/c1-8(14)5-12(19)18-4-2-3-9(7-18)10-6-11(13(15)20)17-16-10/h6,8-9H,2-5,7,14H2,1H3,(H2,15,20)(H,16,17). The number of H-pyrrole nitrogens is 1. The number of likely N-dealkylation sites (tertiary alicyclic amines) is 1. The number of rotatable bonds is 4. The van der Waals surface area contributed by atoms with Crippen molar-refractivity contribution in [3.05, 3.63) is 17.5 Å². The minimum atomic E-state index is -0.548. The molecule has 0 aromatic carbocycles. The average Bonchev–Trinajstić information content (AvgIpc) is 2.88. The lowest BCUT2D eigenvalue weighted by molar-refractivity contribution is -0.132. The number of nitrogens with one attached hydrogen (secondary N) is 1. The van der Waals surface area contributed by atoms with Crippen LogP contribution >= 0.6 is 0 Å². The third kappa shape index (κ3) is 3.36. The minimum Gasteiger partial charge on any atom is -0.364 e. The zero-order valence-electron chi connectivity index (χ0n) is 11.6. The van der Waals surface area contributed by atoms with E-state index in [0.717, 1.165) is 25.1 Å². The van der Waals surface area contributed by atoms with Gasteiger partial charge in [-0.15, -0.1) is 0 Å². The molecule has 2 heterocycles. The second-order valence-corrected chi connectivity index (χ2v) is 5.43. The van der Waals surface area contributed by atoms with Gasteiger partial charge in [0.25, 0.3) is 5.91 Å². The van der Waals surface area contributed by atoms with Crippen molar-refractivity contribution < 1.29 is 9.59 Å². The van der Waals surface area contributed by atoms with Crippen LogP contribution in [0.15, 0.2) is 6.07 Å². The number of hydrogen-bond acceptors (Lipinski definition) is 4. The van der Waals surface area contributed by atoms with Gasteiger partial charge < -0.3 is 16.4 Å². The quantitative estimate of drug-likeness (QED) is 0.716. The van der Waals surface area contributed by atoms with Crippen LogP contribution in [-0.2, 0) is 4.79 Å². The molecule has 7 nitrogen and oxygen atoms in total. The molecule has 20 heavy (non-hydrogen) atoms. The molecule has 1 aliphatic rings. The van der Waals surface area contributed by atoms with Gasteiger partial charge in [0.15, 0.2) is 0 Å². The molecule has 1 aliphatic heterocycles. The van der Waals surface area contributed by atoms with Crippen LogP contribution in [0.2, 0.25) is 0 Å². The number of carbonyl (C=O) groups is 2. The Kier molecular flexibility index (Phi) is 4.39. The Morgan fingerprint density at radius 3 is 2.95 bits per heavy atom. The van der Waals surface area contributed by atoms with Gasteiger partial charge in [-0.1, -0.05) is 0 Å². The molecule has 5 N–H and O–H groups in total. The van der Waals surface area contributed by atoms with E-state index < -0.39 is 5.91 Å². The molecule has 0 spiro atoms. The zero-order valence-corrected chi connectivity index (χ0v) is 11.6. The molecule has 2 atom stereocenters.